The minimum absolute atomic E-state index is 0.0843. The number of aromatic nitrogens is 3. The van der Waals surface area contributed by atoms with Crippen LogP contribution in [0.15, 0.2) is 0 Å². The van der Waals surface area contributed by atoms with Crippen LogP contribution in [0.3, 0.4) is 0 Å². The number of methoxy groups -OCH3 is 1. The van der Waals surface area contributed by atoms with Gasteiger partial charge in [-0.3, -0.25) is 14.7 Å². The Morgan fingerprint density at radius 1 is 1.42 bits per heavy atom. The van der Waals surface area contributed by atoms with E-state index in [0.717, 1.165) is 12.8 Å². The number of hydrogen-bond donors (Lipinski definition) is 1. The molecule has 0 fully saturated rings. The van der Waals surface area contributed by atoms with E-state index in [4.69, 9.17) is 0 Å². The quantitative estimate of drug-likeness (QED) is 0.770. The molecule has 19 heavy (non-hydrogen) atoms. The van der Waals surface area contributed by atoms with Crippen molar-refractivity contribution < 1.29 is 14.3 Å². The fourth-order valence-corrected chi connectivity index (χ4v) is 1.56. The fourth-order valence-electron chi connectivity index (χ4n) is 1.56. The van der Waals surface area contributed by atoms with Crippen molar-refractivity contribution in [1.82, 2.24) is 20.1 Å². The summed E-state index contributed by atoms with van der Waals surface area (Å²) in [6.45, 7) is 5.55. The van der Waals surface area contributed by atoms with Gasteiger partial charge in [-0.15, -0.1) is 5.10 Å². The van der Waals surface area contributed by atoms with Gasteiger partial charge in [0.2, 0.25) is 5.82 Å². The van der Waals surface area contributed by atoms with Gasteiger partial charge in [-0.1, -0.05) is 6.92 Å². The van der Waals surface area contributed by atoms with Crippen molar-refractivity contribution in [1.29, 1.82) is 0 Å². The molecule has 1 aromatic rings. The van der Waals surface area contributed by atoms with Gasteiger partial charge in [0.1, 0.15) is 12.4 Å². The molecule has 0 aliphatic rings. The first kappa shape index (κ1) is 15.1. The van der Waals surface area contributed by atoms with Crippen LogP contribution >= 0.6 is 0 Å². The fraction of sp³-hybridized carbons (Fsp3) is 0.667. The molecule has 0 aromatic carbocycles. The van der Waals surface area contributed by atoms with E-state index >= 15 is 0 Å². The molecule has 0 saturated heterocycles. The lowest BCUT2D eigenvalue weighted by Gasteiger charge is -2.23. The number of esters is 1. The summed E-state index contributed by atoms with van der Waals surface area (Å²) in [7, 11) is 1.29. The van der Waals surface area contributed by atoms with Crippen molar-refractivity contribution >= 4 is 11.9 Å². The number of nitrogens with one attached hydrogen (secondary N) is 1. The Morgan fingerprint density at radius 2 is 2.11 bits per heavy atom. The van der Waals surface area contributed by atoms with Crippen molar-refractivity contribution in [2.45, 2.75) is 39.7 Å². The number of ether oxygens (including phenoxy) is 1. The van der Waals surface area contributed by atoms with Crippen LogP contribution in [-0.2, 0) is 16.0 Å². The molecular weight excluding hydrogens is 248 g/mol. The van der Waals surface area contributed by atoms with Gasteiger partial charge < -0.3 is 9.64 Å². The van der Waals surface area contributed by atoms with Crippen molar-refractivity contribution in [3.63, 3.8) is 0 Å². The standard InChI is InChI=1S/C12H20N4O3/c1-5-6-9-13-11(15-14-9)12(18)16(8(2)3)7-10(17)19-4/h8H,5-7H2,1-4H3,(H,13,14,15). The number of aryl methyl sites for hydroxylation is 1. The summed E-state index contributed by atoms with van der Waals surface area (Å²) in [6, 6.07) is -0.139. The molecule has 0 radical (unpaired) electrons. The number of rotatable bonds is 6. The van der Waals surface area contributed by atoms with Gasteiger partial charge in [-0.2, -0.15) is 0 Å². The minimum Gasteiger partial charge on any atom is -0.468 e. The second kappa shape index (κ2) is 6.86. The van der Waals surface area contributed by atoms with E-state index in [1.54, 1.807) is 0 Å². The van der Waals surface area contributed by atoms with E-state index in [1.807, 2.05) is 20.8 Å². The van der Waals surface area contributed by atoms with Crippen LogP contribution in [0.2, 0.25) is 0 Å². The van der Waals surface area contributed by atoms with Gasteiger partial charge in [0.05, 0.1) is 7.11 Å². The topological polar surface area (TPSA) is 88.2 Å². The van der Waals surface area contributed by atoms with E-state index in [0.29, 0.717) is 5.82 Å². The highest BCUT2D eigenvalue weighted by atomic mass is 16.5. The van der Waals surface area contributed by atoms with E-state index in [9.17, 15) is 9.59 Å². The monoisotopic (exact) mass is 268 g/mol. The van der Waals surface area contributed by atoms with E-state index < -0.39 is 5.97 Å². The number of aromatic amines is 1. The maximum Gasteiger partial charge on any atom is 0.325 e. The molecule has 0 aliphatic heterocycles. The van der Waals surface area contributed by atoms with Crippen LogP contribution in [0.5, 0.6) is 0 Å². The van der Waals surface area contributed by atoms with Gasteiger partial charge in [0.15, 0.2) is 0 Å². The summed E-state index contributed by atoms with van der Waals surface area (Å²) < 4.78 is 4.58. The number of hydrogen-bond acceptors (Lipinski definition) is 5. The molecule has 1 heterocycles. The summed E-state index contributed by atoms with van der Waals surface area (Å²) in [5.74, 6) is -0.0842. The van der Waals surface area contributed by atoms with E-state index in [2.05, 4.69) is 19.9 Å². The first-order valence-corrected chi connectivity index (χ1v) is 6.28. The van der Waals surface area contributed by atoms with Crippen molar-refractivity contribution in [3.8, 4) is 0 Å². The number of nitrogens with zero attached hydrogens (tertiary/aromatic N) is 3. The molecule has 7 nitrogen and oxygen atoms in total. The average molecular weight is 268 g/mol. The number of amides is 1. The van der Waals surface area contributed by atoms with Gasteiger partial charge in [-0.25, -0.2) is 4.98 Å². The van der Waals surface area contributed by atoms with Gasteiger partial charge >= 0.3 is 5.97 Å². The van der Waals surface area contributed by atoms with Crippen LogP contribution in [0.4, 0.5) is 0 Å². The SMILES string of the molecule is CCCc1nc(C(=O)N(CC(=O)OC)C(C)C)n[nH]1. The highest BCUT2D eigenvalue weighted by Gasteiger charge is 2.25. The van der Waals surface area contributed by atoms with E-state index in [-0.39, 0.29) is 24.3 Å². The zero-order valence-electron chi connectivity index (χ0n) is 11.8. The molecule has 1 N–H and O–H groups in total. The largest absolute Gasteiger partial charge is 0.468 e. The average Bonchev–Trinajstić information content (AvgIpc) is 2.83. The highest BCUT2D eigenvalue weighted by molar-refractivity contribution is 5.92. The zero-order chi connectivity index (χ0) is 14.4. The van der Waals surface area contributed by atoms with Crippen molar-refractivity contribution in [2.24, 2.45) is 0 Å². The summed E-state index contributed by atoms with van der Waals surface area (Å²) in [6.07, 6.45) is 1.65. The predicted octanol–water partition coefficient (Wildman–Crippen LogP) is 0.781. The summed E-state index contributed by atoms with van der Waals surface area (Å²) in [5, 5.41) is 6.62. The number of H-pyrrole nitrogens is 1. The smallest absolute Gasteiger partial charge is 0.325 e. The molecule has 7 heteroatoms. The van der Waals surface area contributed by atoms with Crippen LogP contribution in [0, 0.1) is 0 Å². The third-order valence-corrected chi connectivity index (χ3v) is 2.62. The lowest BCUT2D eigenvalue weighted by Crippen LogP contribution is -2.41. The first-order chi connectivity index (χ1) is 8.99. The first-order valence-electron chi connectivity index (χ1n) is 6.28. The Hall–Kier alpha value is -1.92. The molecule has 0 saturated carbocycles. The lowest BCUT2D eigenvalue weighted by atomic mass is 10.3. The third kappa shape index (κ3) is 4.04. The molecule has 0 bridgehead atoms. The maximum atomic E-state index is 12.2. The normalized spacial score (nSPS) is 10.6. The Balaban J connectivity index is 2.83. The van der Waals surface area contributed by atoms with Crippen molar-refractivity contribution in [3.05, 3.63) is 11.6 Å². The van der Waals surface area contributed by atoms with Gasteiger partial charge in [0, 0.05) is 12.5 Å². The molecule has 0 spiro atoms. The van der Waals surface area contributed by atoms with E-state index in [1.165, 1.54) is 12.0 Å². The van der Waals surface area contributed by atoms with Gasteiger partial charge in [0.25, 0.3) is 5.91 Å². The molecule has 1 aromatic heterocycles. The molecular formula is C12H20N4O3. The summed E-state index contributed by atoms with van der Waals surface area (Å²) in [4.78, 5) is 29.0. The lowest BCUT2D eigenvalue weighted by molar-refractivity contribution is -0.141. The molecule has 1 amide bonds. The second-order valence-electron chi connectivity index (χ2n) is 4.46. The molecule has 1 rings (SSSR count). The molecule has 0 unspecified atom stereocenters. The summed E-state index contributed by atoms with van der Waals surface area (Å²) in [5.41, 5.74) is 0. The molecule has 0 atom stereocenters. The zero-order valence-corrected chi connectivity index (χ0v) is 11.8. The van der Waals surface area contributed by atoms with Crippen LogP contribution in [-0.4, -0.2) is 51.7 Å². The van der Waals surface area contributed by atoms with Crippen LogP contribution in [0.1, 0.15) is 43.6 Å². The highest BCUT2D eigenvalue weighted by Crippen LogP contribution is 2.06. The Bertz CT molecular complexity index is 442. The van der Waals surface area contributed by atoms with Crippen LogP contribution < -0.4 is 0 Å². The Kier molecular flexibility index (Phi) is 5.47. The van der Waals surface area contributed by atoms with Crippen molar-refractivity contribution in [2.75, 3.05) is 13.7 Å². The number of carbonyl (C=O) groups is 2. The maximum absolute atomic E-state index is 12.2. The predicted molar refractivity (Wildman–Crippen MR) is 68.6 cm³/mol. The molecule has 106 valence electrons. The Morgan fingerprint density at radius 3 is 2.63 bits per heavy atom. The number of carbonyl (C=O) groups excluding carboxylic acids is 2. The molecule has 0 aliphatic carbocycles. The summed E-state index contributed by atoms with van der Waals surface area (Å²) >= 11 is 0. The Labute approximate surface area is 112 Å². The minimum atomic E-state index is -0.466. The third-order valence-electron chi connectivity index (χ3n) is 2.62. The van der Waals surface area contributed by atoms with Gasteiger partial charge in [-0.05, 0) is 20.3 Å². The second-order valence-corrected chi connectivity index (χ2v) is 4.46. The van der Waals surface area contributed by atoms with Crippen LogP contribution in [0.25, 0.3) is 0 Å².